The molecule has 0 fully saturated rings. The number of hydrogen-bond acceptors (Lipinski definition) is 5. The topological polar surface area (TPSA) is 67.3 Å². The van der Waals surface area contributed by atoms with Crippen LogP contribution in [-0.4, -0.2) is 28.8 Å². The molecular formula is C15H19N3O2. The van der Waals surface area contributed by atoms with Gasteiger partial charge in [0.25, 0.3) is 0 Å². The van der Waals surface area contributed by atoms with E-state index in [9.17, 15) is 0 Å². The third-order valence-electron chi connectivity index (χ3n) is 3.00. The zero-order valence-corrected chi connectivity index (χ0v) is 11.5. The Morgan fingerprint density at radius 1 is 1.25 bits per heavy atom. The molecule has 0 saturated carbocycles. The van der Waals surface area contributed by atoms with Crippen LogP contribution in [-0.2, 0) is 0 Å². The van der Waals surface area contributed by atoms with Gasteiger partial charge in [0, 0.05) is 18.9 Å². The molecule has 0 aliphatic rings. The molecule has 1 aromatic heterocycles. The molecule has 5 nitrogen and oxygen atoms in total. The molecule has 0 amide bonds. The molecule has 2 rings (SSSR count). The van der Waals surface area contributed by atoms with Crippen LogP contribution in [0.25, 0.3) is 0 Å². The van der Waals surface area contributed by atoms with Crippen molar-refractivity contribution in [3.8, 4) is 5.88 Å². The molecule has 1 unspecified atom stereocenters. The van der Waals surface area contributed by atoms with Gasteiger partial charge in [-0.15, -0.1) is 0 Å². The molecule has 0 aliphatic carbocycles. The van der Waals surface area contributed by atoms with Gasteiger partial charge in [-0.3, -0.25) is 0 Å². The molecule has 0 spiro atoms. The van der Waals surface area contributed by atoms with Crippen molar-refractivity contribution < 1.29 is 9.84 Å². The summed E-state index contributed by atoms with van der Waals surface area (Å²) in [6, 6.07) is 11.8. The molecule has 1 aromatic carbocycles. The van der Waals surface area contributed by atoms with E-state index >= 15 is 0 Å². The summed E-state index contributed by atoms with van der Waals surface area (Å²) in [6.07, 6.45) is 3.18. The van der Waals surface area contributed by atoms with Crippen molar-refractivity contribution in [1.29, 1.82) is 0 Å². The van der Waals surface area contributed by atoms with E-state index < -0.39 is 0 Å². The second-order valence-electron chi connectivity index (χ2n) is 4.40. The van der Waals surface area contributed by atoms with Crippen molar-refractivity contribution in [3.05, 3.63) is 48.2 Å². The first-order chi connectivity index (χ1) is 9.83. The van der Waals surface area contributed by atoms with E-state index in [0.717, 1.165) is 18.4 Å². The zero-order chi connectivity index (χ0) is 14.2. The summed E-state index contributed by atoms with van der Waals surface area (Å²) in [7, 11) is 1.58. The lowest BCUT2D eigenvalue weighted by molar-refractivity contribution is 0.281. The lowest BCUT2D eigenvalue weighted by atomic mass is 10.0. The first-order valence-corrected chi connectivity index (χ1v) is 6.63. The quantitative estimate of drug-likeness (QED) is 0.811. The summed E-state index contributed by atoms with van der Waals surface area (Å²) in [5.74, 6) is 1.05. The number of ether oxygens (including phenoxy) is 1. The maximum atomic E-state index is 9.03. The second kappa shape index (κ2) is 7.45. The van der Waals surface area contributed by atoms with E-state index in [-0.39, 0.29) is 12.6 Å². The van der Waals surface area contributed by atoms with Crippen molar-refractivity contribution in [3.63, 3.8) is 0 Å². The Kier molecular flexibility index (Phi) is 5.32. The number of nitrogens with one attached hydrogen (secondary N) is 1. The van der Waals surface area contributed by atoms with Crippen molar-refractivity contribution in [2.45, 2.75) is 18.9 Å². The van der Waals surface area contributed by atoms with E-state index in [1.807, 2.05) is 18.2 Å². The second-order valence-corrected chi connectivity index (χ2v) is 4.40. The molecule has 20 heavy (non-hydrogen) atoms. The standard InChI is InChI=1S/C15H19N3O2/c1-20-14-9-10-16-15(18-14)17-13(8-5-11-19)12-6-3-2-4-7-12/h2-4,6-7,9-10,13,19H,5,8,11H2,1H3,(H,16,17,18). The van der Waals surface area contributed by atoms with Crippen molar-refractivity contribution >= 4 is 5.95 Å². The van der Waals surface area contributed by atoms with Gasteiger partial charge in [0.2, 0.25) is 11.8 Å². The summed E-state index contributed by atoms with van der Waals surface area (Å²) in [6.45, 7) is 0.171. The third kappa shape index (κ3) is 3.93. The van der Waals surface area contributed by atoms with E-state index in [1.165, 1.54) is 0 Å². The molecule has 0 bridgehead atoms. The van der Waals surface area contributed by atoms with Gasteiger partial charge in [-0.1, -0.05) is 30.3 Å². The molecule has 0 aliphatic heterocycles. The van der Waals surface area contributed by atoms with Crippen LogP contribution in [0, 0.1) is 0 Å². The minimum Gasteiger partial charge on any atom is -0.481 e. The van der Waals surface area contributed by atoms with Crippen LogP contribution in [0.1, 0.15) is 24.4 Å². The summed E-state index contributed by atoms with van der Waals surface area (Å²) in [5.41, 5.74) is 1.15. The van der Waals surface area contributed by atoms with E-state index in [4.69, 9.17) is 9.84 Å². The fourth-order valence-corrected chi connectivity index (χ4v) is 1.98. The minimum absolute atomic E-state index is 0.0652. The molecule has 5 heteroatoms. The van der Waals surface area contributed by atoms with E-state index in [2.05, 4.69) is 27.4 Å². The SMILES string of the molecule is COc1ccnc(NC(CCCO)c2ccccc2)n1. The highest BCUT2D eigenvalue weighted by Gasteiger charge is 2.12. The molecule has 2 N–H and O–H groups in total. The largest absolute Gasteiger partial charge is 0.481 e. The average molecular weight is 273 g/mol. The van der Waals surface area contributed by atoms with Gasteiger partial charge in [-0.2, -0.15) is 4.98 Å². The van der Waals surface area contributed by atoms with Crippen LogP contribution in [0.5, 0.6) is 5.88 Å². The predicted octanol–water partition coefficient (Wildman–Crippen LogP) is 2.41. The van der Waals surface area contributed by atoms with Crippen molar-refractivity contribution in [2.75, 3.05) is 19.0 Å². The average Bonchev–Trinajstić information content (AvgIpc) is 2.52. The van der Waals surface area contributed by atoms with Crippen molar-refractivity contribution in [1.82, 2.24) is 9.97 Å². The smallest absolute Gasteiger partial charge is 0.226 e. The lowest BCUT2D eigenvalue weighted by Crippen LogP contribution is -2.13. The number of nitrogens with zero attached hydrogens (tertiary/aromatic N) is 2. The third-order valence-corrected chi connectivity index (χ3v) is 3.00. The van der Waals surface area contributed by atoms with Crippen molar-refractivity contribution in [2.24, 2.45) is 0 Å². The van der Waals surface area contributed by atoms with E-state index in [0.29, 0.717) is 11.8 Å². The molecule has 0 saturated heterocycles. The number of aromatic nitrogens is 2. The number of aliphatic hydroxyl groups excluding tert-OH is 1. The number of hydrogen-bond donors (Lipinski definition) is 2. The summed E-state index contributed by atoms with van der Waals surface area (Å²) < 4.78 is 5.09. The van der Waals surface area contributed by atoms with Gasteiger partial charge in [0.05, 0.1) is 13.2 Å². The van der Waals surface area contributed by atoms with Gasteiger partial charge < -0.3 is 15.2 Å². The lowest BCUT2D eigenvalue weighted by Gasteiger charge is -2.19. The molecular weight excluding hydrogens is 254 g/mol. The van der Waals surface area contributed by atoms with E-state index in [1.54, 1.807) is 19.4 Å². The molecule has 106 valence electrons. The first-order valence-electron chi connectivity index (χ1n) is 6.63. The highest BCUT2D eigenvalue weighted by Crippen LogP contribution is 2.22. The Balaban J connectivity index is 2.14. The van der Waals surface area contributed by atoms with Crippen LogP contribution in [0.3, 0.4) is 0 Å². The summed E-state index contributed by atoms with van der Waals surface area (Å²) in [5, 5.41) is 12.3. The number of methoxy groups -OCH3 is 1. The van der Waals surface area contributed by atoms with Gasteiger partial charge in [0.15, 0.2) is 0 Å². The maximum absolute atomic E-state index is 9.03. The first kappa shape index (κ1) is 14.3. The zero-order valence-electron chi connectivity index (χ0n) is 11.5. The Labute approximate surface area is 118 Å². The Hall–Kier alpha value is -2.14. The molecule has 1 atom stereocenters. The number of benzene rings is 1. The highest BCUT2D eigenvalue weighted by molar-refractivity contribution is 5.33. The predicted molar refractivity (Wildman–Crippen MR) is 77.7 cm³/mol. The minimum atomic E-state index is 0.0652. The molecule has 1 heterocycles. The Bertz CT molecular complexity index is 520. The monoisotopic (exact) mass is 273 g/mol. The van der Waals surface area contributed by atoms with Gasteiger partial charge in [-0.05, 0) is 18.4 Å². The molecule has 0 radical (unpaired) electrons. The Morgan fingerprint density at radius 2 is 2.05 bits per heavy atom. The number of anilines is 1. The normalized spacial score (nSPS) is 11.9. The van der Waals surface area contributed by atoms with Crippen LogP contribution in [0.15, 0.2) is 42.6 Å². The van der Waals surface area contributed by atoms with Gasteiger partial charge in [0.1, 0.15) is 0 Å². The summed E-state index contributed by atoms with van der Waals surface area (Å²) >= 11 is 0. The fourth-order valence-electron chi connectivity index (χ4n) is 1.98. The number of aliphatic hydroxyl groups is 1. The highest BCUT2D eigenvalue weighted by atomic mass is 16.5. The van der Waals surface area contributed by atoms with Crippen LogP contribution in [0.4, 0.5) is 5.95 Å². The number of rotatable bonds is 7. The molecule has 2 aromatic rings. The van der Waals surface area contributed by atoms with Crippen LogP contribution >= 0.6 is 0 Å². The summed E-state index contributed by atoms with van der Waals surface area (Å²) in [4.78, 5) is 8.45. The maximum Gasteiger partial charge on any atom is 0.226 e. The van der Waals surface area contributed by atoms with Crippen LogP contribution in [0.2, 0.25) is 0 Å². The fraction of sp³-hybridized carbons (Fsp3) is 0.333. The Morgan fingerprint density at radius 3 is 2.75 bits per heavy atom. The van der Waals surface area contributed by atoms with Gasteiger partial charge >= 0.3 is 0 Å². The van der Waals surface area contributed by atoms with Crippen LogP contribution < -0.4 is 10.1 Å². The van der Waals surface area contributed by atoms with Gasteiger partial charge in [-0.25, -0.2) is 4.98 Å².